The molecule has 0 aliphatic carbocycles. The largest absolute Gasteiger partial charge is 0.381 e. The van der Waals surface area contributed by atoms with Gasteiger partial charge in [-0.05, 0) is 18.8 Å². The molecule has 5 heteroatoms. The van der Waals surface area contributed by atoms with E-state index in [9.17, 15) is 4.79 Å². The van der Waals surface area contributed by atoms with Gasteiger partial charge >= 0.3 is 0 Å². The summed E-state index contributed by atoms with van der Waals surface area (Å²) in [6.45, 7) is 4.08. The maximum Gasteiger partial charge on any atom is 0.239 e. The zero-order chi connectivity index (χ0) is 11.4. The molecule has 0 aromatic heterocycles. The smallest absolute Gasteiger partial charge is 0.239 e. The lowest BCUT2D eigenvalue weighted by Crippen LogP contribution is -2.52. The zero-order valence-corrected chi connectivity index (χ0v) is 9.56. The molecule has 2 heterocycles. The highest BCUT2D eigenvalue weighted by Crippen LogP contribution is 2.19. The molecule has 2 aliphatic heterocycles. The van der Waals surface area contributed by atoms with Crippen molar-refractivity contribution in [2.24, 2.45) is 11.7 Å². The Morgan fingerprint density at radius 1 is 1.12 bits per heavy atom. The van der Waals surface area contributed by atoms with Crippen molar-refractivity contribution < 1.29 is 14.3 Å². The number of carbonyl (C=O) groups excluding carboxylic acids is 1. The van der Waals surface area contributed by atoms with Crippen LogP contribution in [0.1, 0.15) is 12.8 Å². The number of hydrogen-bond acceptors (Lipinski definition) is 4. The molecule has 2 N–H and O–H groups in total. The fourth-order valence-electron chi connectivity index (χ4n) is 2.27. The third-order valence-electron chi connectivity index (χ3n) is 3.38. The molecule has 92 valence electrons. The van der Waals surface area contributed by atoms with Gasteiger partial charge in [0.05, 0.1) is 19.3 Å². The highest BCUT2D eigenvalue weighted by Gasteiger charge is 2.30. The molecule has 0 aromatic rings. The number of rotatable bonds is 2. The number of amides is 1. The van der Waals surface area contributed by atoms with Gasteiger partial charge in [-0.15, -0.1) is 0 Å². The Balaban J connectivity index is 1.86. The van der Waals surface area contributed by atoms with Crippen LogP contribution < -0.4 is 5.73 Å². The molecule has 1 unspecified atom stereocenters. The van der Waals surface area contributed by atoms with E-state index >= 15 is 0 Å². The third kappa shape index (κ3) is 2.72. The van der Waals surface area contributed by atoms with Crippen molar-refractivity contribution in [3.63, 3.8) is 0 Å². The summed E-state index contributed by atoms with van der Waals surface area (Å²) < 4.78 is 10.5. The van der Waals surface area contributed by atoms with Gasteiger partial charge in [-0.1, -0.05) is 0 Å². The Morgan fingerprint density at radius 3 is 2.31 bits per heavy atom. The van der Waals surface area contributed by atoms with Crippen LogP contribution in [-0.4, -0.2) is 56.4 Å². The van der Waals surface area contributed by atoms with Crippen LogP contribution in [0.5, 0.6) is 0 Å². The lowest BCUT2D eigenvalue weighted by Gasteiger charge is -2.33. The SMILES string of the molecule is NC(C(=O)N1CCOCC1)C1CCOCC1. The minimum absolute atomic E-state index is 0.0789. The Hall–Kier alpha value is -0.650. The summed E-state index contributed by atoms with van der Waals surface area (Å²) in [4.78, 5) is 13.9. The highest BCUT2D eigenvalue weighted by atomic mass is 16.5. The van der Waals surface area contributed by atoms with Crippen molar-refractivity contribution >= 4 is 5.91 Å². The van der Waals surface area contributed by atoms with Gasteiger partial charge in [-0.3, -0.25) is 4.79 Å². The van der Waals surface area contributed by atoms with Crippen LogP contribution in [0.3, 0.4) is 0 Å². The van der Waals surface area contributed by atoms with E-state index in [4.69, 9.17) is 15.2 Å². The molecule has 0 spiro atoms. The molecule has 2 rings (SSSR count). The van der Waals surface area contributed by atoms with Crippen molar-refractivity contribution in [1.29, 1.82) is 0 Å². The van der Waals surface area contributed by atoms with Crippen LogP contribution in [0, 0.1) is 5.92 Å². The second-order valence-electron chi connectivity index (χ2n) is 4.41. The van der Waals surface area contributed by atoms with Crippen molar-refractivity contribution in [2.75, 3.05) is 39.5 Å². The average Bonchev–Trinajstić information content (AvgIpc) is 2.39. The van der Waals surface area contributed by atoms with Crippen molar-refractivity contribution in [2.45, 2.75) is 18.9 Å². The van der Waals surface area contributed by atoms with E-state index in [1.807, 2.05) is 4.90 Å². The summed E-state index contributed by atoms with van der Waals surface area (Å²) in [6.07, 6.45) is 1.80. The zero-order valence-electron chi connectivity index (χ0n) is 9.56. The third-order valence-corrected chi connectivity index (χ3v) is 3.38. The van der Waals surface area contributed by atoms with E-state index in [0.717, 1.165) is 26.1 Å². The van der Waals surface area contributed by atoms with E-state index in [2.05, 4.69) is 0 Å². The van der Waals surface area contributed by atoms with Gasteiger partial charge in [0, 0.05) is 26.3 Å². The van der Waals surface area contributed by atoms with Gasteiger partial charge < -0.3 is 20.1 Å². The number of hydrogen-bond donors (Lipinski definition) is 1. The Kier molecular flexibility index (Phi) is 4.15. The number of nitrogens with two attached hydrogens (primary N) is 1. The topological polar surface area (TPSA) is 64.8 Å². The van der Waals surface area contributed by atoms with Crippen LogP contribution in [0.25, 0.3) is 0 Å². The Morgan fingerprint density at radius 2 is 1.69 bits per heavy atom. The molecule has 0 saturated carbocycles. The van der Waals surface area contributed by atoms with Crippen molar-refractivity contribution in [3.05, 3.63) is 0 Å². The molecule has 2 saturated heterocycles. The number of carbonyl (C=O) groups is 1. The maximum atomic E-state index is 12.1. The summed E-state index contributed by atoms with van der Waals surface area (Å²) >= 11 is 0. The molecule has 1 atom stereocenters. The number of ether oxygens (including phenoxy) is 2. The van der Waals surface area contributed by atoms with Crippen molar-refractivity contribution in [1.82, 2.24) is 4.90 Å². The predicted octanol–water partition coefficient (Wildman–Crippen LogP) is -0.401. The average molecular weight is 228 g/mol. The normalized spacial score (nSPS) is 25.4. The minimum atomic E-state index is -0.359. The summed E-state index contributed by atoms with van der Waals surface area (Å²) in [6, 6.07) is -0.359. The predicted molar refractivity (Wildman–Crippen MR) is 58.9 cm³/mol. The number of morpholine rings is 1. The summed E-state index contributed by atoms with van der Waals surface area (Å²) in [7, 11) is 0. The first-order valence-corrected chi connectivity index (χ1v) is 5.99. The highest BCUT2D eigenvalue weighted by molar-refractivity contribution is 5.82. The quantitative estimate of drug-likeness (QED) is 0.698. The molecular formula is C11H20N2O3. The van der Waals surface area contributed by atoms with Crippen molar-refractivity contribution in [3.8, 4) is 0 Å². The molecule has 16 heavy (non-hydrogen) atoms. The Bertz CT molecular complexity index is 235. The summed E-state index contributed by atoms with van der Waals surface area (Å²) in [5, 5.41) is 0. The molecule has 0 radical (unpaired) electrons. The Labute approximate surface area is 95.9 Å². The standard InChI is InChI=1S/C11H20N2O3/c12-10(9-1-5-15-6-2-9)11(14)13-3-7-16-8-4-13/h9-10H,1-8,12H2. The van der Waals surface area contributed by atoms with Gasteiger partial charge in [0.15, 0.2) is 0 Å². The fraction of sp³-hybridized carbons (Fsp3) is 0.909. The van der Waals surface area contributed by atoms with E-state index in [0.29, 0.717) is 26.3 Å². The van der Waals surface area contributed by atoms with E-state index in [1.54, 1.807) is 0 Å². The van der Waals surface area contributed by atoms with Gasteiger partial charge in [-0.25, -0.2) is 0 Å². The molecule has 2 aliphatic rings. The second kappa shape index (κ2) is 5.61. The molecular weight excluding hydrogens is 208 g/mol. The first kappa shape index (κ1) is 11.8. The lowest BCUT2D eigenvalue weighted by molar-refractivity contribution is -0.138. The van der Waals surface area contributed by atoms with E-state index < -0.39 is 0 Å². The fourth-order valence-corrected chi connectivity index (χ4v) is 2.27. The molecule has 0 aromatic carbocycles. The summed E-state index contributed by atoms with van der Waals surface area (Å²) in [5.74, 6) is 0.360. The van der Waals surface area contributed by atoms with Crippen LogP contribution in [0.15, 0.2) is 0 Å². The van der Waals surface area contributed by atoms with Gasteiger partial charge in [-0.2, -0.15) is 0 Å². The van der Waals surface area contributed by atoms with E-state index in [1.165, 1.54) is 0 Å². The van der Waals surface area contributed by atoms with Gasteiger partial charge in [0.25, 0.3) is 0 Å². The maximum absolute atomic E-state index is 12.1. The monoisotopic (exact) mass is 228 g/mol. The van der Waals surface area contributed by atoms with Crippen LogP contribution in [-0.2, 0) is 14.3 Å². The molecule has 0 bridgehead atoms. The van der Waals surface area contributed by atoms with Gasteiger partial charge in [0.2, 0.25) is 5.91 Å². The molecule has 1 amide bonds. The summed E-state index contributed by atoms with van der Waals surface area (Å²) in [5.41, 5.74) is 6.04. The number of nitrogens with zero attached hydrogens (tertiary/aromatic N) is 1. The lowest BCUT2D eigenvalue weighted by atomic mass is 9.91. The molecule has 5 nitrogen and oxygen atoms in total. The van der Waals surface area contributed by atoms with Crippen LogP contribution in [0.4, 0.5) is 0 Å². The van der Waals surface area contributed by atoms with Gasteiger partial charge in [0.1, 0.15) is 0 Å². The van der Waals surface area contributed by atoms with E-state index in [-0.39, 0.29) is 17.9 Å². The van der Waals surface area contributed by atoms with Crippen LogP contribution in [0.2, 0.25) is 0 Å². The molecule has 2 fully saturated rings. The second-order valence-corrected chi connectivity index (χ2v) is 4.41. The first-order chi connectivity index (χ1) is 7.79. The minimum Gasteiger partial charge on any atom is -0.381 e. The first-order valence-electron chi connectivity index (χ1n) is 5.99. The van der Waals surface area contributed by atoms with Crippen LogP contribution >= 0.6 is 0 Å².